The molecule has 0 unspecified atom stereocenters. The highest BCUT2D eigenvalue weighted by Crippen LogP contribution is 2.28. The zero-order valence-electron chi connectivity index (χ0n) is 16.3. The Morgan fingerprint density at radius 2 is 1.93 bits per heavy atom. The van der Waals surface area contributed by atoms with E-state index in [9.17, 15) is 4.79 Å². The van der Waals surface area contributed by atoms with Gasteiger partial charge >= 0.3 is 0 Å². The summed E-state index contributed by atoms with van der Waals surface area (Å²) < 4.78 is 7.72. The number of piperidine rings is 1. The molecule has 4 rings (SSSR count). The molecule has 0 radical (unpaired) electrons. The van der Waals surface area contributed by atoms with Crippen LogP contribution in [0.2, 0.25) is 0 Å². The van der Waals surface area contributed by atoms with Crippen LogP contribution in [0.4, 0.5) is 0 Å². The molecule has 0 bridgehead atoms. The van der Waals surface area contributed by atoms with Crippen molar-refractivity contribution in [3.8, 4) is 5.75 Å². The number of fused-ring (bicyclic) bond motifs is 1. The molecule has 0 saturated carbocycles. The van der Waals surface area contributed by atoms with E-state index in [1.54, 1.807) is 0 Å². The van der Waals surface area contributed by atoms with Crippen LogP contribution in [0, 0.1) is 0 Å². The van der Waals surface area contributed by atoms with Crippen LogP contribution in [0.5, 0.6) is 5.75 Å². The van der Waals surface area contributed by atoms with Crippen molar-refractivity contribution >= 4 is 18.3 Å². The molecular formula is C20H28ClN5O2. The van der Waals surface area contributed by atoms with E-state index in [-0.39, 0.29) is 18.3 Å². The second-order valence-electron chi connectivity index (χ2n) is 7.21. The Morgan fingerprint density at radius 1 is 1.18 bits per heavy atom. The predicted octanol–water partition coefficient (Wildman–Crippen LogP) is 2.15. The van der Waals surface area contributed by atoms with E-state index in [0.29, 0.717) is 18.9 Å². The molecule has 0 aliphatic carbocycles. The van der Waals surface area contributed by atoms with E-state index in [1.165, 1.54) is 0 Å². The first-order valence-corrected chi connectivity index (χ1v) is 9.87. The van der Waals surface area contributed by atoms with Gasteiger partial charge in [-0.05, 0) is 37.5 Å². The van der Waals surface area contributed by atoms with Crippen molar-refractivity contribution in [2.45, 2.75) is 45.2 Å². The van der Waals surface area contributed by atoms with Crippen molar-refractivity contribution < 1.29 is 9.53 Å². The maximum Gasteiger partial charge on any atom is 0.226 e. The number of likely N-dealkylation sites (tertiary alicyclic amines) is 1. The minimum absolute atomic E-state index is 0. The van der Waals surface area contributed by atoms with E-state index < -0.39 is 0 Å². The highest BCUT2D eigenvalue weighted by atomic mass is 35.5. The predicted molar refractivity (Wildman–Crippen MR) is 109 cm³/mol. The Hall–Kier alpha value is -2.12. The highest BCUT2D eigenvalue weighted by molar-refractivity contribution is 5.85. The summed E-state index contributed by atoms with van der Waals surface area (Å²) in [5.41, 5.74) is 1.03. The largest absolute Gasteiger partial charge is 0.494 e. The van der Waals surface area contributed by atoms with Crippen LogP contribution >= 0.6 is 12.4 Å². The Bertz CT molecular complexity index is 784. The summed E-state index contributed by atoms with van der Waals surface area (Å²) in [6, 6.07) is 7.82. The SMILES string of the molecule is CCOc1ccc(CC(=O)N2CCC(c3nnc4n3CCNC4)CC2)cc1.Cl. The number of rotatable bonds is 5. The standard InChI is InChI=1S/C20H27N5O2.ClH/c1-2-27-17-5-3-15(4-6-17)13-19(26)24-10-7-16(8-11-24)20-23-22-18-14-21-9-12-25(18)20;/h3-6,16,21H,2,7-14H2,1H3;1H. The molecule has 2 aliphatic heterocycles. The van der Waals surface area contributed by atoms with Crippen LogP contribution in [-0.2, 0) is 24.3 Å². The molecule has 1 saturated heterocycles. The number of hydrogen-bond acceptors (Lipinski definition) is 5. The molecule has 1 aromatic carbocycles. The lowest BCUT2D eigenvalue weighted by molar-refractivity contribution is -0.131. The number of carbonyl (C=O) groups excluding carboxylic acids is 1. The van der Waals surface area contributed by atoms with Gasteiger partial charge in [-0.15, -0.1) is 22.6 Å². The fourth-order valence-electron chi connectivity index (χ4n) is 3.96. The molecule has 7 nitrogen and oxygen atoms in total. The Morgan fingerprint density at radius 3 is 2.64 bits per heavy atom. The molecule has 0 atom stereocenters. The topological polar surface area (TPSA) is 72.3 Å². The van der Waals surface area contributed by atoms with Gasteiger partial charge < -0.3 is 19.5 Å². The van der Waals surface area contributed by atoms with Gasteiger partial charge in [0.1, 0.15) is 17.4 Å². The van der Waals surface area contributed by atoms with E-state index in [0.717, 1.165) is 68.5 Å². The maximum absolute atomic E-state index is 12.7. The van der Waals surface area contributed by atoms with Gasteiger partial charge in [0.15, 0.2) is 0 Å². The van der Waals surface area contributed by atoms with Crippen LogP contribution in [0.1, 0.15) is 42.9 Å². The first kappa shape index (κ1) is 20.6. The Kier molecular flexibility index (Phi) is 6.91. The van der Waals surface area contributed by atoms with Gasteiger partial charge in [-0.2, -0.15) is 0 Å². The lowest BCUT2D eigenvalue weighted by atomic mass is 9.95. The second-order valence-corrected chi connectivity index (χ2v) is 7.21. The van der Waals surface area contributed by atoms with Crippen molar-refractivity contribution in [1.29, 1.82) is 0 Å². The fourth-order valence-corrected chi connectivity index (χ4v) is 3.96. The van der Waals surface area contributed by atoms with Crippen LogP contribution in [-0.4, -0.2) is 51.8 Å². The lowest BCUT2D eigenvalue weighted by Gasteiger charge is -2.32. The van der Waals surface area contributed by atoms with Gasteiger partial charge in [-0.25, -0.2) is 0 Å². The number of ether oxygens (including phenoxy) is 1. The van der Waals surface area contributed by atoms with Gasteiger partial charge in [0.2, 0.25) is 5.91 Å². The molecule has 1 aromatic heterocycles. The van der Waals surface area contributed by atoms with E-state index >= 15 is 0 Å². The number of nitrogens with one attached hydrogen (secondary N) is 1. The minimum atomic E-state index is 0. The third-order valence-corrected chi connectivity index (χ3v) is 5.45. The number of hydrogen-bond donors (Lipinski definition) is 1. The van der Waals surface area contributed by atoms with Crippen LogP contribution in [0.3, 0.4) is 0 Å². The molecule has 8 heteroatoms. The molecule has 0 spiro atoms. The molecule has 3 heterocycles. The van der Waals surface area contributed by atoms with Crippen molar-refractivity contribution in [2.75, 3.05) is 26.2 Å². The van der Waals surface area contributed by atoms with Crippen LogP contribution in [0.15, 0.2) is 24.3 Å². The Labute approximate surface area is 171 Å². The molecule has 1 fully saturated rings. The number of benzene rings is 1. The normalized spacial score (nSPS) is 17.0. The summed E-state index contributed by atoms with van der Waals surface area (Å²) in [4.78, 5) is 14.6. The van der Waals surface area contributed by atoms with Gasteiger partial charge in [-0.1, -0.05) is 12.1 Å². The molecule has 2 aromatic rings. The summed E-state index contributed by atoms with van der Waals surface area (Å²) in [6.45, 7) is 6.91. The van der Waals surface area contributed by atoms with Gasteiger partial charge in [0, 0.05) is 32.1 Å². The fraction of sp³-hybridized carbons (Fsp3) is 0.550. The van der Waals surface area contributed by atoms with Crippen molar-refractivity contribution in [1.82, 2.24) is 25.0 Å². The second kappa shape index (κ2) is 9.39. The third kappa shape index (κ3) is 4.47. The monoisotopic (exact) mass is 405 g/mol. The third-order valence-electron chi connectivity index (χ3n) is 5.45. The molecule has 1 N–H and O–H groups in total. The van der Waals surface area contributed by atoms with Gasteiger partial charge in [0.25, 0.3) is 0 Å². The smallest absolute Gasteiger partial charge is 0.226 e. The van der Waals surface area contributed by atoms with Gasteiger partial charge in [0.05, 0.1) is 19.6 Å². The summed E-state index contributed by atoms with van der Waals surface area (Å²) in [5, 5.41) is 12.1. The zero-order valence-corrected chi connectivity index (χ0v) is 17.1. The van der Waals surface area contributed by atoms with Crippen molar-refractivity contribution in [2.24, 2.45) is 0 Å². The summed E-state index contributed by atoms with van der Waals surface area (Å²) in [7, 11) is 0. The summed E-state index contributed by atoms with van der Waals surface area (Å²) in [5.74, 6) is 3.58. The number of nitrogens with zero attached hydrogens (tertiary/aromatic N) is 4. The number of halogens is 1. The Balaban J connectivity index is 0.00000225. The lowest BCUT2D eigenvalue weighted by Crippen LogP contribution is -2.39. The molecular weight excluding hydrogens is 378 g/mol. The highest BCUT2D eigenvalue weighted by Gasteiger charge is 2.28. The zero-order chi connectivity index (χ0) is 18.6. The van der Waals surface area contributed by atoms with E-state index in [4.69, 9.17) is 4.74 Å². The average molecular weight is 406 g/mol. The minimum Gasteiger partial charge on any atom is -0.494 e. The average Bonchev–Trinajstić information content (AvgIpc) is 3.14. The molecule has 2 aliphatic rings. The van der Waals surface area contributed by atoms with Crippen LogP contribution in [0.25, 0.3) is 0 Å². The summed E-state index contributed by atoms with van der Waals surface area (Å²) >= 11 is 0. The van der Waals surface area contributed by atoms with E-state index in [1.807, 2.05) is 36.1 Å². The molecule has 28 heavy (non-hydrogen) atoms. The number of amides is 1. The van der Waals surface area contributed by atoms with E-state index in [2.05, 4.69) is 20.1 Å². The molecule has 1 amide bonds. The van der Waals surface area contributed by atoms with Crippen LogP contribution < -0.4 is 10.1 Å². The number of carbonyl (C=O) groups is 1. The quantitative estimate of drug-likeness (QED) is 0.825. The van der Waals surface area contributed by atoms with Crippen molar-refractivity contribution in [3.05, 3.63) is 41.5 Å². The first-order valence-electron chi connectivity index (χ1n) is 9.87. The number of aromatic nitrogens is 3. The summed E-state index contributed by atoms with van der Waals surface area (Å²) in [6.07, 6.45) is 2.37. The van der Waals surface area contributed by atoms with Gasteiger partial charge in [-0.3, -0.25) is 4.79 Å². The first-order chi connectivity index (χ1) is 13.2. The maximum atomic E-state index is 12.7. The van der Waals surface area contributed by atoms with Crippen molar-refractivity contribution in [3.63, 3.8) is 0 Å². The molecule has 152 valence electrons.